The Bertz CT molecular complexity index is 716. The van der Waals surface area contributed by atoms with Crippen LogP contribution in [-0.4, -0.2) is 23.5 Å². The second kappa shape index (κ2) is 6.66. The summed E-state index contributed by atoms with van der Waals surface area (Å²) in [5.74, 6) is -0.634. The molecule has 2 N–H and O–H groups in total. The molecule has 2 rings (SSSR count). The first kappa shape index (κ1) is 16.8. The van der Waals surface area contributed by atoms with Crippen LogP contribution in [0.2, 0.25) is 5.02 Å². The number of esters is 1. The van der Waals surface area contributed by atoms with Crippen LogP contribution in [0.4, 0.5) is 10.5 Å². The molecule has 0 radical (unpaired) electrons. The molecule has 1 aromatic carbocycles. The molecule has 1 aliphatic heterocycles. The molecule has 1 heterocycles. The van der Waals surface area contributed by atoms with E-state index in [2.05, 4.69) is 10.6 Å². The first-order valence-corrected chi connectivity index (χ1v) is 7.12. The van der Waals surface area contributed by atoms with Gasteiger partial charge >= 0.3 is 12.0 Å². The molecule has 1 atom stereocenters. The number of hydrogen-bond donors (Lipinski definition) is 2. The number of benzene rings is 1. The monoisotopic (exact) mass is 339 g/mol. The lowest BCUT2D eigenvalue weighted by Crippen LogP contribution is -2.45. The smallest absolute Gasteiger partial charge is 0.338 e. The summed E-state index contributed by atoms with van der Waals surface area (Å²) in [5.41, 5.74) is 0.504. The summed E-state index contributed by atoms with van der Waals surface area (Å²) in [5, 5.41) is 16.2. The highest BCUT2D eigenvalue weighted by molar-refractivity contribution is 6.31. The Morgan fingerprint density at radius 3 is 2.78 bits per heavy atom. The van der Waals surface area contributed by atoms with Crippen LogP contribution in [0.1, 0.15) is 25.5 Å². The van der Waals surface area contributed by atoms with Crippen LogP contribution in [0.15, 0.2) is 29.5 Å². The first-order valence-electron chi connectivity index (χ1n) is 6.74. The summed E-state index contributed by atoms with van der Waals surface area (Å²) in [7, 11) is 0. The standard InChI is InChI=1S/C14H14ClN3O5/c1-3-23-13(19)11-7(2)16-14(20)17-12(11)9-6-8(18(21)22)4-5-10(9)15/h4-6,12H,3H2,1-2H3,(H2,16,17,20). The zero-order valence-corrected chi connectivity index (χ0v) is 13.1. The van der Waals surface area contributed by atoms with E-state index in [1.165, 1.54) is 18.2 Å². The third-order valence-electron chi connectivity index (χ3n) is 3.27. The van der Waals surface area contributed by atoms with E-state index in [0.29, 0.717) is 5.70 Å². The quantitative estimate of drug-likeness (QED) is 0.497. The van der Waals surface area contributed by atoms with Gasteiger partial charge in [-0.25, -0.2) is 9.59 Å². The van der Waals surface area contributed by atoms with Crippen LogP contribution in [0, 0.1) is 10.1 Å². The Balaban J connectivity index is 2.56. The number of nitro groups is 1. The minimum Gasteiger partial charge on any atom is -0.463 e. The summed E-state index contributed by atoms with van der Waals surface area (Å²) in [6.45, 7) is 3.35. The van der Waals surface area contributed by atoms with Gasteiger partial charge in [-0.2, -0.15) is 0 Å². The van der Waals surface area contributed by atoms with Crippen molar-refractivity contribution in [1.29, 1.82) is 0 Å². The highest BCUT2D eigenvalue weighted by Gasteiger charge is 2.34. The van der Waals surface area contributed by atoms with Crippen molar-refractivity contribution in [1.82, 2.24) is 10.6 Å². The van der Waals surface area contributed by atoms with Crippen LogP contribution in [0.5, 0.6) is 0 Å². The fraction of sp³-hybridized carbons (Fsp3) is 0.286. The van der Waals surface area contributed by atoms with Crippen molar-refractivity contribution in [2.45, 2.75) is 19.9 Å². The van der Waals surface area contributed by atoms with Gasteiger partial charge < -0.3 is 15.4 Å². The van der Waals surface area contributed by atoms with Crippen molar-refractivity contribution >= 4 is 29.3 Å². The van der Waals surface area contributed by atoms with Crippen molar-refractivity contribution in [3.63, 3.8) is 0 Å². The lowest BCUT2D eigenvalue weighted by atomic mass is 9.95. The normalized spacial score (nSPS) is 17.3. The van der Waals surface area contributed by atoms with Crippen LogP contribution in [0.25, 0.3) is 0 Å². The number of urea groups is 1. The number of carbonyl (C=O) groups is 2. The highest BCUT2D eigenvalue weighted by atomic mass is 35.5. The average molecular weight is 340 g/mol. The molecular formula is C14H14ClN3O5. The third-order valence-corrected chi connectivity index (χ3v) is 3.61. The van der Waals surface area contributed by atoms with E-state index < -0.39 is 23.0 Å². The molecule has 0 saturated carbocycles. The van der Waals surface area contributed by atoms with Crippen molar-refractivity contribution in [2.75, 3.05) is 6.61 Å². The van der Waals surface area contributed by atoms with Gasteiger partial charge in [-0.3, -0.25) is 10.1 Å². The number of hydrogen-bond acceptors (Lipinski definition) is 5. The van der Waals surface area contributed by atoms with Crippen molar-refractivity contribution < 1.29 is 19.2 Å². The van der Waals surface area contributed by atoms with E-state index in [0.717, 1.165) is 0 Å². The number of non-ortho nitro benzene ring substituents is 1. The SMILES string of the molecule is CCOC(=O)C1=C(C)NC(=O)NC1c1cc([N+](=O)[O-])ccc1Cl. The van der Waals surface area contributed by atoms with Gasteiger partial charge in [0.1, 0.15) is 0 Å². The predicted molar refractivity (Wildman–Crippen MR) is 81.8 cm³/mol. The summed E-state index contributed by atoms with van der Waals surface area (Å²) >= 11 is 6.11. The van der Waals surface area contributed by atoms with Gasteiger partial charge in [-0.1, -0.05) is 11.6 Å². The van der Waals surface area contributed by atoms with Crippen LogP contribution >= 0.6 is 11.6 Å². The molecule has 0 fully saturated rings. The van der Waals surface area contributed by atoms with Crippen LogP contribution in [-0.2, 0) is 9.53 Å². The Hall–Kier alpha value is -2.61. The van der Waals surface area contributed by atoms with Gasteiger partial charge in [0.25, 0.3) is 5.69 Å². The molecule has 2 amide bonds. The molecular weight excluding hydrogens is 326 g/mol. The van der Waals surface area contributed by atoms with E-state index in [-0.39, 0.29) is 28.5 Å². The number of amides is 2. The van der Waals surface area contributed by atoms with E-state index in [1.807, 2.05) is 0 Å². The molecule has 1 unspecified atom stereocenters. The van der Waals surface area contributed by atoms with Crippen molar-refractivity contribution in [3.05, 3.63) is 50.2 Å². The molecule has 1 aromatic rings. The summed E-state index contributed by atoms with van der Waals surface area (Å²) in [4.78, 5) is 34.3. The molecule has 8 nitrogen and oxygen atoms in total. The highest BCUT2D eigenvalue weighted by Crippen LogP contribution is 2.34. The van der Waals surface area contributed by atoms with Gasteiger partial charge in [0.15, 0.2) is 0 Å². The number of rotatable bonds is 4. The Morgan fingerprint density at radius 2 is 2.17 bits per heavy atom. The molecule has 9 heteroatoms. The largest absolute Gasteiger partial charge is 0.463 e. The van der Waals surface area contributed by atoms with E-state index in [4.69, 9.17) is 16.3 Å². The molecule has 0 aliphatic carbocycles. The topological polar surface area (TPSA) is 111 Å². The Morgan fingerprint density at radius 1 is 1.48 bits per heavy atom. The summed E-state index contributed by atoms with van der Waals surface area (Å²) in [6.07, 6.45) is 0. The number of carbonyl (C=O) groups excluding carboxylic acids is 2. The molecule has 23 heavy (non-hydrogen) atoms. The molecule has 122 valence electrons. The van der Waals surface area contributed by atoms with Gasteiger partial charge in [-0.05, 0) is 19.9 Å². The molecule has 1 aliphatic rings. The minimum atomic E-state index is -0.935. The van der Waals surface area contributed by atoms with Gasteiger partial charge in [-0.15, -0.1) is 0 Å². The molecule has 0 saturated heterocycles. The maximum atomic E-state index is 12.2. The summed E-state index contributed by atoms with van der Waals surface area (Å²) < 4.78 is 4.99. The second-order valence-corrected chi connectivity index (χ2v) is 5.16. The van der Waals surface area contributed by atoms with Crippen molar-refractivity contribution in [2.24, 2.45) is 0 Å². The second-order valence-electron chi connectivity index (χ2n) is 4.75. The zero-order chi connectivity index (χ0) is 17.1. The van der Waals surface area contributed by atoms with E-state index >= 15 is 0 Å². The number of nitro benzene ring substituents is 1. The number of nitrogens with one attached hydrogen (secondary N) is 2. The number of nitrogens with zero attached hydrogens (tertiary/aromatic N) is 1. The molecule has 0 aromatic heterocycles. The van der Waals surface area contributed by atoms with Crippen molar-refractivity contribution in [3.8, 4) is 0 Å². The maximum absolute atomic E-state index is 12.2. The lowest BCUT2D eigenvalue weighted by molar-refractivity contribution is -0.384. The summed E-state index contributed by atoms with van der Waals surface area (Å²) in [6, 6.07) is 2.35. The van der Waals surface area contributed by atoms with E-state index in [1.54, 1.807) is 13.8 Å². The van der Waals surface area contributed by atoms with Gasteiger partial charge in [0.05, 0.1) is 23.1 Å². The number of ether oxygens (including phenoxy) is 1. The predicted octanol–water partition coefficient (Wildman–Crippen LogP) is 2.44. The van der Waals surface area contributed by atoms with Crippen LogP contribution in [0.3, 0.4) is 0 Å². The van der Waals surface area contributed by atoms with Gasteiger partial charge in [0, 0.05) is 28.4 Å². The molecule has 0 spiro atoms. The fourth-order valence-corrected chi connectivity index (χ4v) is 2.50. The number of allylic oxidation sites excluding steroid dienone is 1. The Labute approximate surface area is 136 Å². The van der Waals surface area contributed by atoms with E-state index in [9.17, 15) is 19.7 Å². The fourth-order valence-electron chi connectivity index (χ4n) is 2.27. The maximum Gasteiger partial charge on any atom is 0.338 e. The molecule has 0 bridgehead atoms. The van der Waals surface area contributed by atoms with Crippen LogP contribution < -0.4 is 10.6 Å². The zero-order valence-electron chi connectivity index (χ0n) is 12.4. The number of halogens is 1. The minimum absolute atomic E-state index is 0.147. The Kier molecular flexibility index (Phi) is 4.85. The third kappa shape index (κ3) is 3.42. The van der Waals surface area contributed by atoms with Gasteiger partial charge in [0.2, 0.25) is 0 Å². The average Bonchev–Trinajstić information content (AvgIpc) is 2.46. The first-order chi connectivity index (χ1) is 10.8. The lowest BCUT2D eigenvalue weighted by Gasteiger charge is -2.28.